The first-order valence-corrected chi connectivity index (χ1v) is 13.3. The molecular weight excluding hydrogens is 467 g/mol. The van der Waals surface area contributed by atoms with Gasteiger partial charge in [0.15, 0.2) is 0 Å². The summed E-state index contributed by atoms with van der Waals surface area (Å²) >= 11 is 0. The number of hydrogen-bond acceptors (Lipinski definition) is 4. The molecule has 1 aromatic carbocycles. The van der Waals surface area contributed by atoms with Gasteiger partial charge in [-0.25, -0.2) is 0 Å². The van der Waals surface area contributed by atoms with Crippen molar-refractivity contribution in [3.63, 3.8) is 0 Å². The van der Waals surface area contributed by atoms with E-state index in [-0.39, 0.29) is 23.4 Å². The Bertz CT molecular complexity index is 1130. The van der Waals surface area contributed by atoms with Crippen LogP contribution >= 0.6 is 0 Å². The molecule has 0 radical (unpaired) electrons. The highest BCUT2D eigenvalue weighted by Gasteiger charge is 2.48. The smallest absolute Gasteiger partial charge is 0.388 e. The average molecular weight is 502 g/mol. The van der Waals surface area contributed by atoms with Gasteiger partial charge in [0, 0.05) is 30.0 Å². The van der Waals surface area contributed by atoms with Crippen LogP contribution in [-0.2, 0) is 22.1 Å². The number of aliphatic hydroxyl groups excluding tert-OH is 1. The SMILES string of the molecule is CC(C)[C@H]1O[C@@H](c2ccc(C(F)(F)F)cc2)c2c1nc1c(c2C2CCOCC2)[C@@H](O)CC2(CCC2)C1. The first kappa shape index (κ1) is 24.4. The highest BCUT2D eigenvalue weighted by molar-refractivity contribution is 5.52. The van der Waals surface area contributed by atoms with Gasteiger partial charge in [0.2, 0.25) is 0 Å². The quantitative estimate of drug-likeness (QED) is 0.494. The lowest BCUT2D eigenvalue weighted by atomic mass is 9.59. The van der Waals surface area contributed by atoms with Crippen LogP contribution in [0.25, 0.3) is 0 Å². The highest BCUT2D eigenvalue weighted by Crippen LogP contribution is 2.57. The molecule has 3 atom stereocenters. The Hall–Kier alpha value is -1.96. The van der Waals surface area contributed by atoms with E-state index in [1.54, 1.807) is 0 Å². The summed E-state index contributed by atoms with van der Waals surface area (Å²) in [6, 6.07) is 5.34. The standard InChI is InChI=1S/C29H34F3NO3/c1-16(2)26-25-24(27(36-26)18-4-6-19(7-5-18)29(30,31)32)22(17-8-12-35-13-9-17)23-20(33-25)14-28(10-3-11-28)15-21(23)34/h4-7,16-17,21,26-27,34H,3,8-15H2,1-2H3/t21-,26+,27-/m0/s1. The second-order valence-electron chi connectivity index (χ2n) is 11.6. The van der Waals surface area contributed by atoms with E-state index in [0.717, 1.165) is 78.7 Å². The first-order valence-electron chi connectivity index (χ1n) is 13.3. The van der Waals surface area contributed by atoms with Crippen LogP contribution in [-0.4, -0.2) is 23.3 Å². The third kappa shape index (κ3) is 3.98. The molecule has 2 fully saturated rings. The van der Waals surface area contributed by atoms with Crippen molar-refractivity contribution < 1.29 is 27.8 Å². The van der Waals surface area contributed by atoms with Gasteiger partial charge in [-0.2, -0.15) is 13.2 Å². The molecule has 2 aromatic rings. The fourth-order valence-electron chi connectivity index (χ4n) is 6.97. The van der Waals surface area contributed by atoms with E-state index in [1.165, 1.54) is 18.6 Å². The summed E-state index contributed by atoms with van der Waals surface area (Å²) < 4.78 is 52.1. The van der Waals surface area contributed by atoms with Crippen molar-refractivity contribution >= 4 is 0 Å². The van der Waals surface area contributed by atoms with Crippen LogP contribution in [0.15, 0.2) is 24.3 Å². The molecule has 6 rings (SSSR count). The Kier molecular flexibility index (Phi) is 5.97. The Morgan fingerprint density at radius 2 is 1.72 bits per heavy atom. The number of nitrogens with zero attached hydrogens (tertiary/aromatic N) is 1. The maximum absolute atomic E-state index is 13.3. The van der Waals surface area contributed by atoms with Crippen molar-refractivity contribution in [1.82, 2.24) is 4.98 Å². The van der Waals surface area contributed by atoms with Gasteiger partial charge in [0.1, 0.15) is 12.2 Å². The summed E-state index contributed by atoms with van der Waals surface area (Å²) in [4.78, 5) is 5.22. The summed E-state index contributed by atoms with van der Waals surface area (Å²) in [5, 5.41) is 11.5. The molecule has 0 bridgehead atoms. The molecule has 36 heavy (non-hydrogen) atoms. The zero-order valence-corrected chi connectivity index (χ0v) is 20.9. The lowest BCUT2D eigenvalue weighted by Crippen LogP contribution is -2.39. The molecule has 1 saturated heterocycles. The van der Waals surface area contributed by atoms with E-state index in [1.807, 2.05) is 0 Å². The lowest BCUT2D eigenvalue weighted by Gasteiger charge is -2.47. The summed E-state index contributed by atoms with van der Waals surface area (Å²) in [6.07, 6.45) is 1.12. The van der Waals surface area contributed by atoms with Crippen LogP contribution in [0.3, 0.4) is 0 Å². The average Bonchev–Trinajstić information content (AvgIpc) is 3.21. The summed E-state index contributed by atoms with van der Waals surface area (Å²) in [5.74, 6) is 0.364. The van der Waals surface area contributed by atoms with E-state index >= 15 is 0 Å². The normalized spacial score (nSPS) is 27.7. The first-order chi connectivity index (χ1) is 17.2. The largest absolute Gasteiger partial charge is 0.416 e. The number of aromatic nitrogens is 1. The van der Waals surface area contributed by atoms with Crippen LogP contribution in [0.2, 0.25) is 0 Å². The summed E-state index contributed by atoms with van der Waals surface area (Å²) in [6.45, 7) is 5.52. The van der Waals surface area contributed by atoms with E-state index in [4.69, 9.17) is 14.5 Å². The molecule has 1 spiro atoms. The fourth-order valence-corrected chi connectivity index (χ4v) is 6.97. The highest BCUT2D eigenvalue weighted by atomic mass is 19.4. The van der Waals surface area contributed by atoms with Crippen LogP contribution < -0.4 is 0 Å². The minimum Gasteiger partial charge on any atom is -0.388 e. The molecular formula is C29H34F3NO3. The number of alkyl halides is 3. The van der Waals surface area contributed by atoms with Gasteiger partial charge in [0.25, 0.3) is 0 Å². The lowest BCUT2D eigenvalue weighted by molar-refractivity contribution is -0.137. The minimum absolute atomic E-state index is 0.153. The molecule has 4 nitrogen and oxygen atoms in total. The van der Waals surface area contributed by atoms with Gasteiger partial charge in [-0.15, -0.1) is 0 Å². The van der Waals surface area contributed by atoms with Crippen LogP contribution in [0.5, 0.6) is 0 Å². The predicted molar refractivity (Wildman–Crippen MR) is 129 cm³/mol. The fraction of sp³-hybridized carbons (Fsp3) is 0.621. The molecule has 1 saturated carbocycles. The van der Waals surface area contributed by atoms with Gasteiger partial charge in [-0.1, -0.05) is 32.4 Å². The number of pyridine rings is 1. The Labute approximate surface area is 210 Å². The van der Waals surface area contributed by atoms with Crippen molar-refractivity contribution in [2.75, 3.05) is 13.2 Å². The predicted octanol–water partition coefficient (Wildman–Crippen LogP) is 6.96. The maximum Gasteiger partial charge on any atom is 0.416 e. The van der Waals surface area contributed by atoms with Gasteiger partial charge in [0.05, 0.1) is 17.4 Å². The molecule has 1 N–H and O–H groups in total. The molecule has 194 valence electrons. The van der Waals surface area contributed by atoms with Crippen LogP contribution in [0.1, 0.15) is 116 Å². The minimum atomic E-state index is -4.39. The van der Waals surface area contributed by atoms with E-state index in [0.29, 0.717) is 18.8 Å². The molecule has 7 heteroatoms. The Morgan fingerprint density at radius 3 is 2.31 bits per heavy atom. The van der Waals surface area contributed by atoms with Gasteiger partial charge >= 0.3 is 6.18 Å². The molecule has 1 aromatic heterocycles. The molecule has 3 heterocycles. The van der Waals surface area contributed by atoms with Gasteiger partial charge in [-0.3, -0.25) is 4.98 Å². The van der Waals surface area contributed by atoms with Crippen LogP contribution in [0.4, 0.5) is 13.2 Å². The zero-order chi connectivity index (χ0) is 25.2. The topological polar surface area (TPSA) is 51.6 Å². The summed E-state index contributed by atoms with van der Waals surface area (Å²) in [5.41, 5.74) is 5.18. The van der Waals surface area contributed by atoms with Crippen molar-refractivity contribution in [2.24, 2.45) is 11.3 Å². The van der Waals surface area contributed by atoms with Crippen molar-refractivity contribution in [1.29, 1.82) is 0 Å². The molecule has 0 unspecified atom stereocenters. The van der Waals surface area contributed by atoms with E-state index < -0.39 is 23.9 Å². The third-order valence-electron chi connectivity index (χ3n) is 8.93. The number of aliphatic hydroxyl groups is 1. The number of fused-ring (bicyclic) bond motifs is 2. The van der Waals surface area contributed by atoms with Crippen molar-refractivity contribution in [3.05, 3.63) is 63.5 Å². The van der Waals surface area contributed by atoms with Crippen LogP contribution in [0, 0.1) is 11.3 Å². The van der Waals surface area contributed by atoms with Gasteiger partial charge < -0.3 is 14.6 Å². The number of hydrogen-bond donors (Lipinski definition) is 1. The number of rotatable bonds is 3. The Morgan fingerprint density at radius 1 is 1.03 bits per heavy atom. The number of ether oxygens (including phenoxy) is 2. The zero-order valence-electron chi connectivity index (χ0n) is 20.9. The molecule has 2 aliphatic carbocycles. The van der Waals surface area contributed by atoms with E-state index in [2.05, 4.69) is 13.8 Å². The van der Waals surface area contributed by atoms with Crippen molar-refractivity contribution in [3.8, 4) is 0 Å². The second kappa shape index (κ2) is 8.81. The van der Waals surface area contributed by atoms with Gasteiger partial charge in [-0.05, 0) is 79.0 Å². The summed E-state index contributed by atoms with van der Waals surface area (Å²) in [7, 11) is 0. The molecule has 4 aliphatic rings. The monoisotopic (exact) mass is 501 g/mol. The number of halogens is 3. The van der Waals surface area contributed by atoms with E-state index in [9.17, 15) is 18.3 Å². The third-order valence-corrected chi connectivity index (χ3v) is 8.93. The maximum atomic E-state index is 13.3. The Balaban J connectivity index is 1.53. The second-order valence-corrected chi connectivity index (χ2v) is 11.6. The molecule has 2 aliphatic heterocycles. The van der Waals surface area contributed by atoms with Crippen molar-refractivity contribution in [2.45, 2.75) is 89.2 Å². The number of benzene rings is 1. The molecule has 0 amide bonds.